The molecule has 0 saturated heterocycles. The molecule has 5 heteroatoms. The topological polar surface area (TPSA) is 17.8 Å². The molecule has 2 nitrogen and oxygen atoms in total. The molecular formula is C13H14F2N2Si. The van der Waals surface area contributed by atoms with Gasteiger partial charge in [-0.3, -0.25) is 0 Å². The molecule has 0 spiro atoms. The summed E-state index contributed by atoms with van der Waals surface area (Å²) in [6, 6.07) is 1.50. The molecule has 0 unspecified atom stereocenters. The molecule has 0 aliphatic rings. The summed E-state index contributed by atoms with van der Waals surface area (Å²) in [4.78, 5) is 4.03. The lowest BCUT2D eigenvalue weighted by Crippen LogP contribution is -2.16. The summed E-state index contributed by atoms with van der Waals surface area (Å²) in [6.45, 7) is 6.15. The van der Waals surface area contributed by atoms with Crippen LogP contribution in [0.15, 0.2) is 12.4 Å². The summed E-state index contributed by atoms with van der Waals surface area (Å²) < 4.78 is 29.2. The number of nitrogens with zero attached hydrogens (tertiary/aromatic N) is 2. The number of aryl methyl sites for hydroxylation is 1. The van der Waals surface area contributed by atoms with Gasteiger partial charge in [-0.2, -0.15) is 0 Å². The van der Waals surface area contributed by atoms with Gasteiger partial charge < -0.3 is 4.57 Å². The van der Waals surface area contributed by atoms with Crippen molar-refractivity contribution in [1.29, 1.82) is 0 Å². The molecule has 2 rings (SSSR count). The third-order valence-electron chi connectivity index (χ3n) is 2.46. The fourth-order valence-electron chi connectivity index (χ4n) is 1.59. The van der Waals surface area contributed by atoms with Crippen LogP contribution in [0.4, 0.5) is 8.78 Å². The molecule has 0 N–H and O–H groups in total. The van der Waals surface area contributed by atoms with Crippen molar-refractivity contribution in [2.75, 3.05) is 0 Å². The molecule has 0 aliphatic heterocycles. The van der Waals surface area contributed by atoms with Crippen LogP contribution in [0.2, 0.25) is 19.6 Å². The standard InChI is InChI=1S/C13H14F2N2Si/c1-17-8-16-10-7-9(5-6-18(2,3)4)11(14)12(15)13(10)17/h7-8H,1-4H3. The summed E-state index contributed by atoms with van der Waals surface area (Å²) in [5.74, 6) is 0.969. The van der Waals surface area contributed by atoms with Crippen LogP contribution < -0.4 is 0 Å². The van der Waals surface area contributed by atoms with E-state index in [2.05, 4.69) is 16.4 Å². The van der Waals surface area contributed by atoms with E-state index in [0.717, 1.165) is 0 Å². The maximum atomic E-state index is 13.9. The van der Waals surface area contributed by atoms with Gasteiger partial charge >= 0.3 is 0 Å². The number of halogens is 2. The van der Waals surface area contributed by atoms with E-state index in [1.165, 1.54) is 17.0 Å². The minimum atomic E-state index is -1.62. The van der Waals surface area contributed by atoms with Crippen LogP contribution in [0.3, 0.4) is 0 Å². The highest BCUT2D eigenvalue weighted by Gasteiger charge is 2.16. The Hall–Kier alpha value is -1.67. The molecule has 2 aromatic rings. The molecule has 0 radical (unpaired) electrons. The monoisotopic (exact) mass is 264 g/mol. The third-order valence-corrected chi connectivity index (χ3v) is 3.33. The predicted molar refractivity (Wildman–Crippen MR) is 70.9 cm³/mol. The van der Waals surface area contributed by atoms with Gasteiger partial charge in [0, 0.05) is 7.05 Å². The van der Waals surface area contributed by atoms with Gasteiger partial charge in [0.1, 0.15) is 13.6 Å². The van der Waals surface area contributed by atoms with Crippen molar-refractivity contribution in [1.82, 2.24) is 9.55 Å². The minimum Gasteiger partial charge on any atom is -0.331 e. The fourth-order valence-corrected chi connectivity index (χ4v) is 2.10. The second-order valence-corrected chi connectivity index (χ2v) is 10.0. The van der Waals surface area contributed by atoms with Crippen molar-refractivity contribution in [3.8, 4) is 11.5 Å². The molecule has 0 aliphatic carbocycles. The van der Waals surface area contributed by atoms with Crippen molar-refractivity contribution < 1.29 is 8.78 Å². The van der Waals surface area contributed by atoms with Crippen LogP contribution in [-0.2, 0) is 7.05 Å². The Morgan fingerprint density at radius 2 is 1.89 bits per heavy atom. The number of hydrogen-bond donors (Lipinski definition) is 0. The number of fused-ring (bicyclic) bond motifs is 1. The Balaban J connectivity index is 2.66. The summed E-state index contributed by atoms with van der Waals surface area (Å²) in [5, 5.41) is 0. The molecular weight excluding hydrogens is 250 g/mol. The average Bonchev–Trinajstić information content (AvgIpc) is 2.62. The maximum Gasteiger partial charge on any atom is 0.185 e. The van der Waals surface area contributed by atoms with Gasteiger partial charge in [0.25, 0.3) is 0 Å². The number of benzene rings is 1. The summed E-state index contributed by atoms with van der Waals surface area (Å²) >= 11 is 0. The quantitative estimate of drug-likeness (QED) is 0.528. The third kappa shape index (κ3) is 2.29. The van der Waals surface area contributed by atoms with E-state index in [1.54, 1.807) is 7.05 Å². The van der Waals surface area contributed by atoms with E-state index in [0.29, 0.717) is 5.52 Å². The van der Waals surface area contributed by atoms with Crippen molar-refractivity contribution in [2.24, 2.45) is 7.05 Å². The highest BCUT2D eigenvalue weighted by atomic mass is 28.3. The Kier molecular flexibility index (Phi) is 2.99. The molecule has 0 fully saturated rings. The predicted octanol–water partition coefficient (Wildman–Crippen LogP) is 3.08. The first kappa shape index (κ1) is 12.8. The van der Waals surface area contributed by atoms with E-state index in [-0.39, 0.29) is 11.1 Å². The Bertz CT molecular complexity index is 672. The van der Waals surface area contributed by atoms with Gasteiger partial charge in [-0.15, -0.1) is 5.54 Å². The number of hydrogen-bond acceptors (Lipinski definition) is 1. The molecule has 1 heterocycles. The minimum absolute atomic E-state index is 0.0844. The van der Waals surface area contributed by atoms with Gasteiger partial charge in [0.2, 0.25) is 0 Å². The molecule has 18 heavy (non-hydrogen) atoms. The molecule has 0 atom stereocenters. The summed E-state index contributed by atoms with van der Waals surface area (Å²) in [5.41, 5.74) is 3.71. The normalized spacial score (nSPS) is 11.4. The number of imidazole rings is 1. The molecule has 0 saturated carbocycles. The van der Waals surface area contributed by atoms with Crippen LogP contribution >= 0.6 is 0 Å². The first-order chi connectivity index (χ1) is 8.29. The summed E-state index contributed by atoms with van der Waals surface area (Å²) in [7, 11) is 0.0118. The SMILES string of the molecule is Cn1cnc2cc(C#C[Si](C)(C)C)c(F)c(F)c21. The Labute approximate surface area is 106 Å². The summed E-state index contributed by atoms with van der Waals surface area (Å²) in [6.07, 6.45) is 1.46. The van der Waals surface area contributed by atoms with Crippen molar-refractivity contribution >= 4 is 19.1 Å². The van der Waals surface area contributed by atoms with Gasteiger partial charge in [0.05, 0.1) is 17.4 Å². The van der Waals surface area contributed by atoms with Gasteiger partial charge in [0.15, 0.2) is 11.6 Å². The molecule has 94 valence electrons. The lowest BCUT2D eigenvalue weighted by molar-refractivity contribution is 0.511. The van der Waals surface area contributed by atoms with Crippen LogP contribution in [0, 0.1) is 23.1 Å². The smallest absolute Gasteiger partial charge is 0.185 e. The van der Waals surface area contributed by atoms with Crippen LogP contribution in [0.5, 0.6) is 0 Å². The van der Waals surface area contributed by atoms with Crippen molar-refractivity contribution in [3.63, 3.8) is 0 Å². The van der Waals surface area contributed by atoms with Gasteiger partial charge in [-0.1, -0.05) is 25.6 Å². The average molecular weight is 264 g/mol. The Morgan fingerprint density at radius 1 is 1.22 bits per heavy atom. The zero-order chi connectivity index (χ0) is 13.5. The van der Waals surface area contributed by atoms with E-state index in [4.69, 9.17) is 0 Å². The maximum absolute atomic E-state index is 13.9. The van der Waals surface area contributed by atoms with Crippen LogP contribution in [0.1, 0.15) is 5.56 Å². The van der Waals surface area contributed by atoms with Crippen molar-refractivity contribution in [3.05, 3.63) is 29.6 Å². The van der Waals surface area contributed by atoms with E-state index in [9.17, 15) is 8.78 Å². The van der Waals surface area contributed by atoms with Crippen LogP contribution in [0.25, 0.3) is 11.0 Å². The molecule has 1 aromatic carbocycles. The van der Waals surface area contributed by atoms with Gasteiger partial charge in [-0.25, -0.2) is 13.8 Å². The van der Waals surface area contributed by atoms with Gasteiger partial charge in [-0.05, 0) is 6.07 Å². The lowest BCUT2D eigenvalue weighted by atomic mass is 10.2. The van der Waals surface area contributed by atoms with E-state index >= 15 is 0 Å². The largest absolute Gasteiger partial charge is 0.331 e. The highest BCUT2D eigenvalue weighted by Crippen LogP contribution is 2.22. The first-order valence-corrected chi connectivity index (χ1v) is 9.12. The second kappa shape index (κ2) is 4.21. The molecule has 0 amide bonds. The van der Waals surface area contributed by atoms with E-state index in [1.807, 2.05) is 19.6 Å². The molecule has 0 bridgehead atoms. The van der Waals surface area contributed by atoms with Crippen molar-refractivity contribution in [2.45, 2.75) is 19.6 Å². The first-order valence-electron chi connectivity index (χ1n) is 5.62. The number of aromatic nitrogens is 2. The zero-order valence-electron chi connectivity index (χ0n) is 10.8. The lowest BCUT2D eigenvalue weighted by Gasteiger charge is -2.04. The Morgan fingerprint density at radius 3 is 2.50 bits per heavy atom. The van der Waals surface area contributed by atoms with E-state index < -0.39 is 19.7 Å². The number of rotatable bonds is 0. The molecule has 1 aromatic heterocycles. The fraction of sp³-hybridized carbons (Fsp3) is 0.308. The van der Waals surface area contributed by atoms with Crippen LogP contribution in [-0.4, -0.2) is 17.6 Å². The highest BCUT2D eigenvalue weighted by molar-refractivity contribution is 6.83. The second-order valence-electron chi connectivity index (χ2n) is 5.28. The zero-order valence-corrected chi connectivity index (χ0v) is 11.8.